The van der Waals surface area contributed by atoms with E-state index in [1.807, 2.05) is 37.7 Å². The molecule has 0 aliphatic carbocycles. The third-order valence-electron chi connectivity index (χ3n) is 3.45. The van der Waals surface area contributed by atoms with Crippen LogP contribution in [0.3, 0.4) is 0 Å². The van der Waals surface area contributed by atoms with E-state index >= 15 is 0 Å². The molecule has 1 atom stereocenters. The minimum atomic E-state index is -0.384. The van der Waals surface area contributed by atoms with Crippen LogP contribution in [0.25, 0.3) is 10.9 Å². The van der Waals surface area contributed by atoms with Crippen molar-refractivity contribution in [1.29, 1.82) is 0 Å². The van der Waals surface area contributed by atoms with Gasteiger partial charge in [-0.05, 0) is 19.9 Å². The molecule has 1 heterocycles. The molecule has 0 aliphatic rings. The van der Waals surface area contributed by atoms with Crippen LogP contribution in [0.5, 0.6) is 0 Å². The molecule has 0 radical (unpaired) electrons. The maximum absolute atomic E-state index is 5.69. The summed E-state index contributed by atoms with van der Waals surface area (Å²) in [6.07, 6.45) is 0.258. The molecule has 1 aromatic heterocycles. The zero-order valence-electron chi connectivity index (χ0n) is 12.9. The van der Waals surface area contributed by atoms with Crippen molar-refractivity contribution in [3.63, 3.8) is 0 Å². The van der Waals surface area contributed by atoms with Gasteiger partial charge in [0.2, 0.25) is 0 Å². The number of aromatic nitrogens is 2. The molecule has 3 N–H and O–H groups in total. The average molecular weight is 292 g/mol. The lowest BCUT2D eigenvalue weighted by Gasteiger charge is -2.25. The van der Waals surface area contributed by atoms with E-state index in [0.29, 0.717) is 19.6 Å². The molecule has 2 aromatic rings. The Morgan fingerprint density at radius 2 is 1.90 bits per heavy atom. The summed E-state index contributed by atoms with van der Waals surface area (Å²) in [5.74, 6) is 5.69. The summed E-state index contributed by atoms with van der Waals surface area (Å²) in [6.45, 7) is 5.03. The largest absolute Gasteiger partial charge is 0.351 e. The summed E-state index contributed by atoms with van der Waals surface area (Å²) < 4.78 is 13.1. The second-order valence-corrected chi connectivity index (χ2v) is 4.84. The third-order valence-corrected chi connectivity index (χ3v) is 3.45. The first-order valence-electron chi connectivity index (χ1n) is 7.31. The van der Waals surface area contributed by atoms with Gasteiger partial charge in [0.25, 0.3) is 0 Å². The highest BCUT2D eigenvalue weighted by Crippen LogP contribution is 2.20. The number of hydrogen-bond acceptors (Lipinski definition) is 5. The second kappa shape index (κ2) is 7.51. The van der Waals surface area contributed by atoms with Gasteiger partial charge in [-0.3, -0.25) is 16.0 Å². The molecule has 0 spiro atoms. The van der Waals surface area contributed by atoms with Gasteiger partial charge in [-0.1, -0.05) is 18.2 Å². The molecule has 0 saturated carbocycles. The van der Waals surface area contributed by atoms with E-state index < -0.39 is 0 Å². The summed E-state index contributed by atoms with van der Waals surface area (Å²) in [5.41, 5.74) is 4.89. The number of benzene rings is 1. The van der Waals surface area contributed by atoms with Gasteiger partial charge < -0.3 is 9.47 Å². The molecule has 0 amide bonds. The van der Waals surface area contributed by atoms with Crippen LogP contribution in [0.4, 0.5) is 0 Å². The number of nitrogens with one attached hydrogen (secondary N) is 1. The average Bonchev–Trinajstić information content (AvgIpc) is 2.81. The quantitative estimate of drug-likeness (QED) is 0.436. The Bertz CT molecular complexity index is 564. The molecule has 0 fully saturated rings. The van der Waals surface area contributed by atoms with E-state index in [9.17, 15) is 0 Å². The third kappa shape index (κ3) is 3.59. The summed E-state index contributed by atoms with van der Waals surface area (Å²) in [5, 5.41) is 5.72. The summed E-state index contributed by atoms with van der Waals surface area (Å²) >= 11 is 0. The van der Waals surface area contributed by atoms with Crippen molar-refractivity contribution in [3.8, 4) is 0 Å². The Morgan fingerprint density at radius 1 is 1.24 bits per heavy atom. The number of ether oxygens (including phenoxy) is 2. The van der Waals surface area contributed by atoms with Crippen LogP contribution in [0.2, 0.25) is 0 Å². The lowest BCUT2D eigenvalue weighted by molar-refractivity contribution is -0.153. The summed E-state index contributed by atoms with van der Waals surface area (Å²) in [6, 6.07) is 8.00. The zero-order valence-corrected chi connectivity index (χ0v) is 12.9. The number of hydrogen-bond donors (Lipinski definition) is 2. The van der Waals surface area contributed by atoms with Crippen molar-refractivity contribution in [2.24, 2.45) is 12.9 Å². The molecular weight excluding hydrogens is 268 g/mol. The lowest BCUT2D eigenvalue weighted by atomic mass is 10.1. The van der Waals surface area contributed by atoms with E-state index in [1.165, 1.54) is 0 Å². The number of para-hydroxylation sites is 1. The van der Waals surface area contributed by atoms with E-state index in [2.05, 4.69) is 22.7 Å². The van der Waals surface area contributed by atoms with Gasteiger partial charge in [0.05, 0.1) is 17.3 Å². The molecule has 2 rings (SSSR count). The van der Waals surface area contributed by atoms with Crippen LogP contribution in [-0.4, -0.2) is 35.3 Å². The Hall–Kier alpha value is -1.47. The van der Waals surface area contributed by atoms with Crippen molar-refractivity contribution in [1.82, 2.24) is 15.2 Å². The van der Waals surface area contributed by atoms with Crippen molar-refractivity contribution in [2.45, 2.75) is 32.6 Å². The normalized spacial score (nSPS) is 13.2. The maximum Gasteiger partial charge on any atom is 0.174 e. The Labute approximate surface area is 125 Å². The lowest BCUT2D eigenvalue weighted by Crippen LogP contribution is -2.48. The first-order valence-corrected chi connectivity index (χ1v) is 7.31. The summed E-state index contributed by atoms with van der Waals surface area (Å²) in [7, 11) is 1.94. The van der Waals surface area contributed by atoms with Gasteiger partial charge in [-0.2, -0.15) is 5.10 Å². The predicted molar refractivity (Wildman–Crippen MR) is 82.6 cm³/mol. The fourth-order valence-electron chi connectivity index (χ4n) is 2.49. The zero-order chi connectivity index (χ0) is 15.2. The molecule has 0 aliphatic heterocycles. The van der Waals surface area contributed by atoms with Crippen molar-refractivity contribution < 1.29 is 9.47 Å². The fourth-order valence-corrected chi connectivity index (χ4v) is 2.49. The first kappa shape index (κ1) is 15.9. The fraction of sp³-hybridized carbons (Fsp3) is 0.533. The molecule has 0 saturated heterocycles. The molecule has 0 bridgehead atoms. The number of hydrazine groups is 1. The number of aryl methyl sites for hydroxylation is 1. The smallest absolute Gasteiger partial charge is 0.174 e. The Morgan fingerprint density at radius 3 is 2.52 bits per heavy atom. The van der Waals surface area contributed by atoms with Gasteiger partial charge in [-0.25, -0.2) is 0 Å². The number of fused-ring (bicyclic) bond motifs is 1. The van der Waals surface area contributed by atoms with Crippen molar-refractivity contribution in [2.75, 3.05) is 13.2 Å². The highest BCUT2D eigenvalue weighted by Gasteiger charge is 2.23. The molecule has 6 heteroatoms. The number of nitrogens with two attached hydrogens (primary N) is 1. The van der Waals surface area contributed by atoms with Gasteiger partial charge in [0, 0.05) is 32.1 Å². The van der Waals surface area contributed by atoms with Crippen LogP contribution < -0.4 is 11.3 Å². The molecule has 1 aromatic carbocycles. The van der Waals surface area contributed by atoms with Crippen molar-refractivity contribution >= 4 is 10.9 Å². The van der Waals surface area contributed by atoms with Crippen LogP contribution in [0.15, 0.2) is 24.3 Å². The number of rotatable bonds is 8. The Balaban J connectivity index is 2.23. The molecule has 21 heavy (non-hydrogen) atoms. The summed E-state index contributed by atoms with van der Waals surface area (Å²) in [4.78, 5) is 0. The van der Waals surface area contributed by atoms with E-state index in [-0.39, 0.29) is 12.3 Å². The van der Waals surface area contributed by atoms with E-state index in [1.54, 1.807) is 0 Å². The van der Waals surface area contributed by atoms with Crippen LogP contribution >= 0.6 is 0 Å². The molecule has 116 valence electrons. The Kier molecular flexibility index (Phi) is 5.69. The predicted octanol–water partition coefficient (Wildman–Crippen LogP) is 1.35. The van der Waals surface area contributed by atoms with Gasteiger partial charge >= 0.3 is 0 Å². The van der Waals surface area contributed by atoms with Crippen LogP contribution in [0.1, 0.15) is 19.5 Å². The minimum Gasteiger partial charge on any atom is -0.351 e. The second-order valence-electron chi connectivity index (χ2n) is 4.84. The first-order chi connectivity index (χ1) is 10.2. The standard InChI is InChI=1S/C15H24N4O2/c1-4-20-15(21-5-2)13(17-16)10-12-11-8-6-7-9-14(11)19(3)18-12/h6-9,13,15,17H,4-5,10,16H2,1-3H3. The maximum atomic E-state index is 5.69. The van der Waals surface area contributed by atoms with Gasteiger partial charge in [-0.15, -0.1) is 0 Å². The molecule has 1 unspecified atom stereocenters. The monoisotopic (exact) mass is 292 g/mol. The van der Waals surface area contributed by atoms with Gasteiger partial charge in [0.1, 0.15) is 0 Å². The van der Waals surface area contributed by atoms with Gasteiger partial charge in [0.15, 0.2) is 6.29 Å². The van der Waals surface area contributed by atoms with E-state index in [0.717, 1.165) is 16.6 Å². The highest BCUT2D eigenvalue weighted by atomic mass is 16.7. The SMILES string of the molecule is CCOC(OCC)C(Cc1nn(C)c2ccccc12)NN. The van der Waals surface area contributed by atoms with Crippen molar-refractivity contribution in [3.05, 3.63) is 30.0 Å². The topological polar surface area (TPSA) is 74.3 Å². The van der Waals surface area contributed by atoms with E-state index in [4.69, 9.17) is 15.3 Å². The molecular formula is C15H24N4O2. The molecule has 6 nitrogen and oxygen atoms in total. The highest BCUT2D eigenvalue weighted by molar-refractivity contribution is 5.81. The van der Waals surface area contributed by atoms with Crippen LogP contribution in [-0.2, 0) is 22.9 Å². The minimum absolute atomic E-state index is 0.150. The van der Waals surface area contributed by atoms with Crippen LogP contribution in [0, 0.1) is 0 Å². The number of nitrogens with zero attached hydrogens (tertiary/aromatic N) is 2.